The van der Waals surface area contributed by atoms with Crippen LogP contribution in [0.1, 0.15) is 0 Å². The number of hydrogen-bond donors (Lipinski definition) is 3. The number of sulfonamides is 2. The van der Waals surface area contributed by atoms with Gasteiger partial charge >= 0.3 is 0 Å². The molecule has 0 aliphatic heterocycles. The maximum atomic E-state index is 13.1. The van der Waals surface area contributed by atoms with Gasteiger partial charge in [-0.2, -0.15) is 0 Å². The second-order valence-electron chi connectivity index (χ2n) is 6.26. The second kappa shape index (κ2) is 7.43. The number of fused-ring (bicyclic) bond motifs is 1. The monoisotopic (exact) mass is 446 g/mol. The minimum Gasteiger partial charge on any atom is -0.345 e. The van der Waals surface area contributed by atoms with Crippen LogP contribution in [0.2, 0.25) is 0 Å². The van der Waals surface area contributed by atoms with E-state index < -0.39 is 25.9 Å². The Balaban J connectivity index is 1.67. The Hall–Kier alpha value is -3.44. The van der Waals surface area contributed by atoms with E-state index in [9.17, 15) is 21.2 Å². The van der Waals surface area contributed by atoms with Crippen LogP contribution < -0.4 is 9.44 Å². The van der Waals surface area contributed by atoms with Gasteiger partial charge in [0, 0.05) is 17.8 Å². The van der Waals surface area contributed by atoms with Gasteiger partial charge in [-0.1, -0.05) is 12.1 Å². The Morgan fingerprint density at radius 2 is 1.43 bits per heavy atom. The van der Waals surface area contributed by atoms with Gasteiger partial charge in [0.2, 0.25) is 0 Å². The van der Waals surface area contributed by atoms with Gasteiger partial charge in [-0.25, -0.2) is 26.2 Å². The zero-order valence-electron chi connectivity index (χ0n) is 15.2. The summed E-state index contributed by atoms with van der Waals surface area (Å²) < 4.78 is 68.9. The predicted molar refractivity (Wildman–Crippen MR) is 111 cm³/mol. The molecule has 0 aliphatic carbocycles. The summed E-state index contributed by atoms with van der Waals surface area (Å²) in [6.07, 6.45) is 2.84. The first-order valence-electron chi connectivity index (χ1n) is 8.59. The first kappa shape index (κ1) is 19.9. The minimum absolute atomic E-state index is 0.0170. The minimum atomic E-state index is -4.06. The van der Waals surface area contributed by atoms with Crippen LogP contribution in [0.25, 0.3) is 11.0 Å². The number of aromatic nitrogens is 2. The van der Waals surface area contributed by atoms with E-state index in [1.54, 1.807) is 24.3 Å². The zero-order chi connectivity index (χ0) is 21.4. The number of rotatable bonds is 6. The standard InChI is InChI=1S/C19H15FN4O4S2/c20-13-7-9-14(10-8-13)29(25,26)23-16-5-1-2-6-17(16)24-30(27,28)18-12-22-19-15(18)4-3-11-21-19/h1-12,23-24H,(H,21,22). The Labute approximate surface area is 171 Å². The highest BCUT2D eigenvalue weighted by Gasteiger charge is 2.22. The smallest absolute Gasteiger partial charge is 0.264 e. The number of halogens is 1. The van der Waals surface area contributed by atoms with Crippen molar-refractivity contribution in [2.24, 2.45) is 0 Å². The van der Waals surface area contributed by atoms with Gasteiger partial charge in [-0.05, 0) is 48.5 Å². The summed E-state index contributed by atoms with van der Waals surface area (Å²) in [6.45, 7) is 0. The molecule has 0 saturated heterocycles. The van der Waals surface area contributed by atoms with Gasteiger partial charge < -0.3 is 4.98 Å². The summed E-state index contributed by atoms with van der Waals surface area (Å²) in [5, 5.41) is 0.398. The lowest BCUT2D eigenvalue weighted by Gasteiger charge is -2.14. The van der Waals surface area contributed by atoms with E-state index in [1.807, 2.05) is 0 Å². The molecule has 2 heterocycles. The fraction of sp³-hybridized carbons (Fsp3) is 0. The van der Waals surface area contributed by atoms with Gasteiger partial charge in [0.1, 0.15) is 16.4 Å². The summed E-state index contributed by atoms with van der Waals surface area (Å²) in [6, 6.07) is 13.4. The van der Waals surface area contributed by atoms with Crippen LogP contribution in [-0.2, 0) is 20.0 Å². The normalized spacial score (nSPS) is 12.0. The molecule has 11 heteroatoms. The van der Waals surface area contributed by atoms with Crippen molar-refractivity contribution in [3.63, 3.8) is 0 Å². The average Bonchev–Trinajstić information content (AvgIpc) is 3.15. The molecule has 4 aromatic rings. The maximum Gasteiger partial charge on any atom is 0.264 e. The van der Waals surface area contributed by atoms with Crippen molar-refractivity contribution in [2.45, 2.75) is 9.79 Å². The molecule has 0 aliphatic rings. The molecular weight excluding hydrogens is 431 g/mol. The van der Waals surface area contributed by atoms with Crippen LogP contribution in [0.15, 0.2) is 82.8 Å². The second-order valence-corrected chi connectivity index (χ2v) is 9.60. The van der Waals surface area contributed by atoms with Gasteiger partial charge in [0.05, 0.1) is 16.3 Å². The largest absolute Gasteiger partial charge is 0.345 e. The number of nitrogens with zero attached hydrogens (tertiary/aromatic N) is 1. The number of benzene rings is 2. The number of hydrogen-bond acceptors (Lipinski definition) is 5. The van der Waals surface area contributed by atoms with E-state index >= 15 is 0 Å². The number of para-hydroxylation sites is 2. The highest BCUT2D eigenvalue weighted by atomic mass is 32.2. The molecule has 2 aromatic carbocycles. The Bertz CT molecular complexity index is 1430. The third-order valence-corrected chi connectivity index (χ3v) is 7.03. The van der Waals surface area contributed by atoms with Crippen LogP contribution in [0.5, 0.6) is 0 Å². The Morgan fingerprint density at radius 3 is 2.10 bits per heavy atom. The van der Waals surface area contributed by atoms with Crippen LogP contribution in [0.3, 0.4) is 0 Å². The highest BCUT2D eigenvalue weighted by Crippen LogP contribution is 2.29. The molecule has 0 spiro atoms. The Kier molecular flexibility index (Phi) is 4.92. The van der Waals surface area contributed by atoms with Crippen molar-refractivity contribution in [2.75, 3.05) is 9.44 Å². The molecule has 3 N–H and O–H groups in total. The molecule has 30 heavy (non-hydrogen) atoms. The number of aromatic amines is 1. The molecule has 0 radical (unpaired) electrons. The fourth-order valence-electron chi connectivity index (χ4n) is 2.83. The van der Waals surface area contributed by atoms with Gasteiger partial charge in [-0.3, -0.25) is 9.44 Å². The molecule has 0 bridgehead atoms. The molecule has 0 saturated carbocycles. The Morgan fingerprint density at radius 1 is 0.800 bits per heavy atom. The van der Waals surface area contributed by atoms with Gasteiger partial charge in [0.25, 0.3) is 20.0 Å². The van der Waals surface area contributed by atoms with Crippen molar-refractivity contribution in [3.8, 4) is 0 Å². The zero-order valence-corrected chi connectivity index (χ0v) is 16.8. The quantitative estimate of drug-likeness (QED) is 0.420. The third-order valence-electron chi connectivity index (χ3n) is 4.24. The molecule has 0 atom stereocenters. The van der Waals surface area contributed by atoms with Crippen molar-refractivity contribution < 1.29 is 21.2 Å². The molecule has 0 fully saturated rings. The summed E-state index contributed by atoms with van der Waals surface area (Å²) in [5.74, 6) is -0.574. The van der Waals surface area contributed by atoms with Crippen LogP contribution >= 0.6 is 0 Å². The highest BCUT2D eigenvalue weighted by molar-refractivity contribution is 7.93. The lowest BCUT2D eigenvalue weighted by molar-refractivity contribution is 0.598. The van der Waals surface area contributed by atoms with E-state index in [1.165, 1.54) is 24.5 Å². The average molecular weight is 446 g/mol. The van der Waals surface area contributed by atoms with Gasteiger partial charge in [-0.15, -0.1) is 0 Å². The molecule has 0 unspecified atom stereocenters. The maximum absolute atomic E-state index is 13.1. The van der Waals surface area contributed by atoms with Gasteiger partial charge in [0.15, 0.2) is 0 Å². The molecule has 0 amide bonds. The summed E-state index contributed by atoms with van der Waals surface area (Å²) in [5.41, 5.74) is 0.452. The molecule has 154 valence electrons. The summed E-state index contributed by atoms with van der Waals surface area (Å²) in [4.78, 5) is 6.66. The number of H-pyrrole nitrogens is 1. The molecular formula is C19H15FN4O4S2. The van der Waals surface area contributed by atoms with Crippen LogP contribution in [0, 0.1) is 5.82 Å². The molecule has 2 aromatic heterocycles. The third kappa shape index (κ3) is 3.84. The number of anilines is 2. The molecule has 8 nitrogen and oxygen atoms in total. The van der Waals surface area contributed by atoms with E-state index in [4.69, 9.17) is 0 Å². The summed E-state index contributed by atoms with van der Waals surface area (Å²) >= 11 is 0. The van der Waals surface area contributed by atoms with Crippen LogP contribution in [0.4, 0.5) is 15.8 Å². The van der Waals surface area contributed by atoms with Crippen molar-refractivity contribution in [1.82, 2.24) is 9.97 Å². The SMILES string of the molecule is O=S(=O)(Nc1ccccc1NS(=O)(=O)c1c[nH]c2ncccc12)c1ccc(F)cc1. The van der Waals surface area contributed by atoms with Crippen molar-refractivity contribution >= 4 is 42.5 Å². The number of nitrogens with one attached hydrogen (secondary N) is 3. The lowest BCUT2D eigenvalue weighted by atomic mass is 10.3. The summed E-state index contributed by atoms with van der Waals surface area (Å²) in [7, 11) is -8.11. The van der Waals surface area contributed by atoms with E-state index in [0.717, 1.165) is 24.3 Å². The van der Waals surface area contributed by atoms with Crippen LogP contribution in [-0.4, -0.2) is 26.8 Å². The molecule has 4 rings (SSSR count). The topological polar surface area (TPSA) is 121 Å². The van der Waals surface area contributed by atoms with Crippen molar-refractivity contribution in [3.05, 3.63) is 78.9 Å². The fourth-order valence-corrected chi connectivity index (χ4v) is 5.16. The predicted octanol–water partition coefficient (Wildman–Crippen LogP) is 3.30. The lowest BCUT2D eigenvalue weighted by Crippen LogP contribution is -2.17. The van der Waals surface area contributed by atoms with E-state index in [2.05, 4.69) is 19.4 Å². The van der Waals surface area contributed by atoms with E-state index in [-0.39, 0.29) is 21.2 Å². The van der Waals surface area contributed by atoms with Crippen molar-refractivity contribution in [1.29, 1.82) is 0 Å². The first-order valence-corrected chi connectivity index (χ1v) is 11.6. The first-order chi connectivity index (χ1) is 14.3. The number of pyridine rings is 1. The van der Waals surface area contributed by atoms with E-state index in [0.29, 0.717) is 11.0 Å².